The second kappa shape index (κ2) is 5.49. The van der Waals surface area contributed by atoms with Gasteiger partial charge in [-0.2, -0.15) is 0 Å². The predicted octanol–water partition coefficient (Wildman–Crippen LogP) is 1.48. The van der Waals surface area contributed by atoms with Crippen molar-refractivity contribution in [3.63, 3.8) is 0 Å². The van der Waals surface area contributed by atoms with Crippen molar-refractivity contribution in [1.29, 1.82) is 0 Å². The molecule has 0 bridgehead atoms. The number of rotatable bonds is 4. The van der Waals surface area contributed by atoms with Crippen LogP contribution < -0.4 is 4.72 Å². The van der Waals surface area contributed by atoms with Crippen molar-refractivity contribution in [2.45, 2.75) is 49.1 Å². The molecule has 0 amide bonds. The minimum atomic E-state index is -3.50. The Morgan fingerprint density at radius 1 is 1.58 bits per heavy atom. The van der Waals surface area contributed by atoms with Gasteiger partial charge in [0.05, 0.1) is 12.2 Å². The third-order valence-electron chi connectivity index (χ3n) is 3.10. The van der Waals surface area contributed by atoms with Crippen molar-refractivity contribution in [2.24, 2.45) is 0 Å². The van der Waals surface area contributed by atoms with Crippen LogP contribution in [0.2, 0.25) is 0 Å². The first-order valence-corrected chi connectivity index (χ1v) is 8.53. The van der Waals surface area contributed by atoms with Crippen LogP contribution >= 0.6 is 11.3 Å². The van der Waals surface area contributed by atoms with Crippen LogP contribution in [0, 0.1) is 0 Å². The highest BCUT2D eigenvalue weighted by Gasteiger charge is 2.32. The number of aliphatic hydroxyl groups is 1. The maximum atomic E-state index is 12.2. The Labute approximate surface area is 117 Å². The average molecular weight is 305 g/mol. The van der Waals surface area contributed by atoms with E-state index in [0.29, 0.717) is 25.0 Å². The molecular formula is C12H19NO4S2. The molecule has 1 atom stereocenters. The summed E-state index contributed by atoms with van der Waals surface area (Å²) in [6.07, 6.45) is 1.34. The van der Waals surface area contributed by atoms with E-state index in [-0.39, 0.29) is 22.5 Å². The molecule has 19 heavy (non-hydrogen) atoms. The zero-order valence-electron chi connectivity index (χ0n) is 11.0. The van der Waals surface area contributed by atoms with E-state index in [0.717, 1.165) is 11.3 Å². The topological polar surface area (TPSA) is 75.6 Å². The van der Waals surface area contributed by atoms with Crippen LogP contribution in [0.5, 0.6) is 0 Å². The van der Waals surface area contributed by atoms with Crippen molar-refractivity contribution in [3.05, 3.63) is 17.0 Å². The van der Waals surface area contributed by atoms with Crippen LogP contribution in [-0.2, 0) is 21.4 Å². The minimum absolute atomic E-state index is 0.103. The molecule has 1 saturated heterocycles. The first kappa shape index (κ1) is 14.9. The lowest BCUT2D eigenvalue weighted by molar-refractivity contribution is -0.0599. The maximum Gasteiger partial charge on any atom is 0.250 e. The molecule has 1 aromatic rings. The van der Waals surface area contributed by atoms with Gasteiger partial charge >= 0.3 is 0 Å². The summed E-state index contributed by atoms with van der Waals surface area (Å²) in [5.41, 5.74) is 0.328. The van der Waals surface area contributed by atoms with Gasteiger partial charge in [0.15, 0.2) is 0 Å². The third kappa shape index (κ3) is 3.76. The number of thiophene rings is 1. The van der Waals surface area contributed by atoms with E-state index in [2.05, 4.69) is 4.72 Å². The molecule has 0 spiro atoms. The Hall–Kier alpha value is -0.470. The Balaban J connectivity index is 2.09. The van der Waals surface area contributed by atoms with E-state index in [1.165, 1.54) is 6.07 Å². The number of ether oxygens (including phenoxy) is 1. The average Bonchev–Trinajstić information content (AvgIpc) is 2.76. The minimum Gasteiger partial charge on any atom is -0.392 e. The molecule has 2 heterocycles. The van der Waals surface area contributed by atoms with E-state index in [1.54, 1.807) is 5.38 Å². The standard InChI is InChI=1S/C12H19NO4S2/c1-12(2)6-10(3-4-17-12)13-19(15,16)11-5-9(7-14)8-18-11/h5,8,10,13-14H,3-4,6-7H2,1-2H3. The zero-order valence-corrected chi connectivity index (χ0v) is 12.7. The van der Waals surface area contributed by atoms with E-state index in [4.69, 9.17) is 9.84 Å². The Morgan fingerprint density at radius 3 is 2.89 bits per heavy atom. The summed E-state index contributed by atoms with van der Waals surface area (Å²) >= 11 is 1.13. The van der Waals surface area contributed by atoms with Gasteiger partial charge in [0.2, 0.25) is 10.0 Å². The molecular weight excluding hydrogens is 286 g/mol. The molecule has 0 aromatic carbocycles. The van der Waals surface area contributed by atoms with Gasteiger partial charge in [0.1, 0.15) is 4.21 Å². The molecule has 7 heteroatoms. The largest absolute Gasteiger partial charge is 0.392 e. The summed E-state index contributed by atoms with van der Waals surface area (Å²) in [7, 11) is -3.50. The monoisotopic (exact) mass is 305 g/mol. The molecule has 108 valence electrons. The fourth-order valence-electron chi connectivity index (χ4n) is 2.19. The van der Waals surface area contributed by atoms with Crippen LogP contribution in [0.4, 0.5) is 0 Å². The van der Waals surface area contributed by atoms with Crippen LogP contribution in [0.15, 0.2) is 15.7 Å². The highest BCUT2D eigenvalue weighted by Crippen LogP contribution is 2.26. The SMILES string of the molecule is CC1(C)CC(NS(=O)(=O)c2cc(CO)cs2)CCO1. The Bertz CT molecular complexity index is 536. The second-order valence-corrected chi connectivity index (χ2v) is 8.20. The van der Waals surface area contributed by atoms with Gasteiger partial charge in [-0.1, -0.05) is 0 Å². The lowest BCUT2D eigenvalue weighted by Gasteiger charge is -2.35. The third-order valence-corrected chi connectivity index (χ3v) is 6.10. The molecule has 1 aromatic heterocycles. The second-order valence-electron chi connectivity index (χ2n) is 5.35. The molecule has 0 aliphatic carbocycles. The molecule has 1 aliphatic heterocycles. The zero-order chi connectivity index (χ0) is 14.1. The van der Waals surface area contributed by atoms with Crippen LogP contribution in [0.25, 0.3) is 0 Å². The summed E-state index contributed by atoms with van der Waals surface area (Å²) in [6.45, 7) is 4.34. The van der Waals surface area contributed by atoms with Gasteiger partial charge in [-0.15, -0.1) is 11.3 Å². The molecule has 1 fully saturated rings. The highest BCUT2D eigenvalue weighted by molar-refractivity contribution is 7.91. The molecule has 1 unspecified atom stereocenters. The van der Waals surface area contributed by atoms with Gasteiger partial charge in [0, 0.05) is 12.6 Å². The van der Waals surface area contributed by atoms with Crippen LogP contribution in [0.3, 0.4) is 0 Å². The van der Waals surface area contributed by atoms with E-state index in [1.807, 2.05) is 13.8 Å². The van der Waals surface area contributed by atoms with Crippen molar-refractivity contribution in [2.75, 3.05) is 6.61 Å². The fraction of sp³-hybridized carbons (Fsp3) is 0.667. The molecule has 2 rings (SSSR count). The predicted molar refractivity (Wildman–Crippen MR) is 73.6 cm³/mol. The summed E-state index contributed by atoms with van der Waals surface area (Å²) in [6, 6.07) is 1.41. The van der Waals surface area contributed by atoms with Crippen molar-refractivity contribution >= 4 is 21.4 Å². The smallest absolute Gasteiger partial charge is 0.250 e. The van der Waals surface area contributed by atoms with Gasteiger partial charge in [0.25, 0.3) is 0 Å². The van der Waals surface area contributed by atoms with Crippen molar-refractivity contribution < 1.29 is 18.3 Å². The maximum absolute atomic E-state index is 12.2. The van der Waals surface area contributed by atoms with E-state index < -0.39 is 10.0 Å². The molecule has 2 N–H and O–H groups in total. The number of hydrogen-bond acceptors (Lipinski definition) is 5. The molecule has 0 saturated carbocycles. The molecule has 0 radical (unpaired) electrons. The van der Waals surface area contributed by atoms with Crippen molar-refractivity contribution in [1.82, 2.24) is 4.72 Å². The Morgan fingerprint density at radius 2 is 2.32 bits per heavy atom. The lowest BCUT2D eigenvalue weighted by Crippen LogP contribution is -2.45. The fourth-order valence-corrected chi connectivity index (χ4v) is 4.67. The van der Waals surface area contributed by atoms with Gasteiger partial charge in [-0.05, 0) is 43.7 Å². The highest BCUT2D eigenvalue weighted by atomic mass is 32.2. The van der Waals surface area contributed by atoms with Gasteiger partial charge < -0.3 is 9.84 Å². The molecule has 5 nitrogen and oxygen atoms in total. The van der Waals surface area contributed by atoms with Crippen molar-refractivity contribution in [3.8, 4) is 0 Å². The quantitative estimate of drug-likeness (QED) is 0.883. The number of hydrogen-bond donors (Lipinski definition) is 2. The summed E-state index contributed by atoms with van der Waals surface area (Å²) < 4.78 is 33.0. The summed E-state index contributed by atoms with van der Waals surface area (Å²) in [5.74, 6) is 0. The summed E-state index contributed by atoms with van der Waals surface area (Å²) in [5, 5.41) is 10.6. The van der Waals surface area contributed by atoms with Crippen LogP contribution in [-0.4, -0.2) is 31.8 Å². The summed E-state index contributed by atoms with van der Waals surface area (Å²) in [4.78, 5) is 0. The van der Waals surface area contributed by atoms with E-state index >= 15 is 0 Å². The number of sulfonamides is 1. The normalized spacial score (nSPS) is 23.4. The molecule has 1 aliphatic rings. The lowest BCUT2D eigenvalue weighted by atomic mass is 9.95. The van der Waals surface area contributed by atoms with E-state index in [9.17, 15) is 8.42 Å². The van der Waals surface area contributed by atoms with Crippen LogP contribution in [0.1, 0.15) is 32.3 Å². The number of nitrogens with one attached hydrogen (secondary N) is 1. The van der Waals surface area contributed by atoms with Gasteiger partial charge in [-0.3, -0.25) is 0 Å². The number of aliphatic hydroxyl groups excluding tert-OH is 1. The Kier molecular flexibility index (Phi) is 4.32. The first-order valence-electron chi connectivity index (χ1n) is 6.17. The first-order chi connectivity index (χ1) is 8.82. The van der Waals surface area contributed by atoms with Gasteiger partial charge in [-0.25, -0.2) is 13.1 Å².